The molecule has 2 fully saturated rings. The minimum absolute atomic E-state index is 0.102. The van der Waals surface area contributed by atoms with E-state index in [-0.39, 0.29) is 11.4 Å². The van der Waals surface area contributed by atoms with E-state index in [1.807, 2.05) is 50.8 Å². The van der Waals surface area contributed by atoms with E-state index >= 15 is 0 Å². The summed E-state index contributed by atoms with van der Waals surface area (Å²) >= 11 is 0. The van der Waals surface area contributed by atoms with Crippen LogP contribution in [0.3, 0.4) is 0 Å². The Bertz CT molecular complexity index is 705. The number of pyridine rings is 1. The van der Waals surface area contributed by atoms with Crippen LogP contribution in [-0.2, 0) is 9.53 Å². The monoisotopic (exact) mass is 418 g/mol. The van der Waals surface area contributed by atoms with E-state index in [0.717, 1.165) is 63.7 Å². The molecule has 1 N–H and O–H groups in total. The van der Waals surface area contributed by atoms with Gasteiger partial charge in [-0.1, -0.05) is 13.0 Å². The minimum Gasteiger partial charge on any atom is -0.389 e. The fourth-order valence-electron chi connectivity index (χ4n) is 4.71. The van der Waals surface area contributed by atoms with Crippen molar-refractivity contribution in [1.82, 2.24) is 14.8 Å². The van der Waals surface area contributed by atoms with Crippen molar-refractivity contribution >= 4 is 11.7 Å². The van der Waals surface area contributed by atoms with Crippen molar-refractivity contribution in [3.63, 3.8) is 0 Å². The SMILES string of the molecule is CCC(=O)N(CC1(N2CCN(CC(C)(C)O)CC2)CCOCC1)c1cccc(C)n1. The van der Waals surface area contributed by atoms with Gasteiger partial charge in [0.05, 0.1) is 5.60 Å². The standard InChI is InChI=1S/C23H38N4O3/c1-5-21(28)27(20-8-6-7-19(2)24-20)18-23(9-15-30-16-10-23)26-13-11-25(12-14-26)17-22(3,4)29/h6-8,29H,5,9-18H2,1-4H3. The van der Waals surface area contributed by atoms with Crippen LogP contribution < -0.4 is 4.90 Å². The molecule has 7 heteroatoms. The van der Waals surface area contributed by atoms with Crippen molar-refractivity contribution in [3.05, 3.63) is 23.9 Å². The number of hydrogen-bond acceptors (Lipinski definition) is 6. The van der Waals surface area contributed by atoms with Crippen LogP contribution in [0, 0.1) is 6.92 Å². The van der Waals surface area contributed by atoms with E-state index in [1.54, 1.807) is 0 Å². The molecule has 1 aromatic rings. The Morgan fingerprint density at radius 2 is 1.90 bits per heavy atom. The van der Waals surface area contributed by atoms with Gasteiger partial charge >= 0.3 is 0 Å². The fourth-order valence-corrected chi connectivity index (χ4v) is 4.71. The molecular weight excluding hydrogens is 380 g/mol. The summed E-state index contributed by atoms with van der Waals surface area (Å²) in [6, 6.07) is 5.87. The second-order valence-electron chi connectivity index (χ2n) is 9.38. The van der Waals surface area contributed by atoms with Crippen LogP contribution in [0.4, 0.5) is 5.82 Å². The molecule has 3 rings (SSSR count). The summed E-state index contributed by atoms with van der Waals surface area (Å²) in [5, 5.41) is 10.2. The topological polar surface area (TPSA) is 69.1 Å². The first kappa shape index (κ1) is 23.1. The van der Waals surface area contributed by atoms with E-state index in [1.165, 1.54) is 0 Å². The normalized spacial score (nSPS) is 20.8. The van der Waals surface area contributed by atoms with Crippen molar-refractivity contribution < 1.29 is 14.6 Å². The van der Waals surface area contributed by atoms with Gasteiger partial charge in [0.1, 0.15) is 5.82 Å². The van der Waals surface area contributed by atoms with Crippen molar-refractivity contribution in [2.24, 2.45) is 0 Å². The molecule has 2 aliphatic heterocycles. The predicted octanol–water partition coefficient (Wildman–Crippen LogP) is 2.07. The van der Waals surface area contributed by atoms with Crippen LogP contribution in [0.15, 0.2) is 18.2 Å². The molecule has 168 valence electrons. The molecule has 0 bridgehead atoms. The number of carbonyl (C=O) groups is 1. The van der Waals surface area contributed by atoms with E-state index in [2.05, 4.69) is 14.8 Å². The highest BCUT2D eigenvalue weighted by molar-refractivity contribution is 5.92. The number of carbonyl (C=O) groups excluding carboxylic acids is 1. The molecule has 2 aliphatic rings. The number of nitrogens with zero attached hydrogens (tertiary/aromatic N) is 4. The Hall–Kier alpha value is -1.54. The maximum absolute atomic E-state index is 12.9. The van der Waals surface area contributed by atoms with E-state index < -0.39 is 5.60 Å². The molecule has 2 saturated heterocycles. The average Bonchev–Trinajstić information content (AvgIpc) is 2.71. The van der Waals surface area contributed by atoms with Crippen LogP contribution in [0.25, 0.3) is 0 Å². The van der Waals surface area contributed by atoms with Gasteiger partial charge in [-0.15, -0.1) is 0 Å². The van der Waals surface area contributed by atoms with Gasteiger partial charge in [-0.25, -0.2) is 4.98 Å². The lowest BCUT2D eigenvalue weighted by atomic mass is 9.86. The van der Waals surface area contributed by atoms with Crippen molar-refractivity contribution in [1.29, 1.82) is 0 Å². The highest BCUT2D eigenvalue weighted by Gasteiger charge is 2.42. The molecule has 3 heterocycles. The first-order chi connectivity index (χ1) is 14.2. The van der Waals surface area contributed by atoms with Gasteiger partial charge < -0.3 is 9.84 Å². The Kier molecular flexibility index (Phi) is 7.50. The fraction of sp³-hybridized carbons (Fsp3) is 0.739. The zero-order valence-corrected chi connectivity index (χ0v) is 19.1. The Morgan fingerprint density at radius 3 is 2.47 bits per heavy atom. The van der Waals surface area contributed by atoms with Gasteiger partial charge in [0.2, 0.25) is 5.91 Å². The number of aliphatic hydroxyl groups is 1. The maximum atomic E-state index is 12.9. The molecule has 30 heavy (non-hydrogen) atoms. The highest BCUT2D eigenvalue weighted by atomic mass is 16.5. The smallest absolute Gasteiger partial charge is 0.227 e. The molecule has 0 radical (unpaired) electrons. The minimum atomic E-state index is -0.681. The third-order valence-corrected chi connectivity index (χ3v) is 6.28. The lowest BCUT2D eigenvalue weighted by Crippen LogP contribution is -2.64. The molecule has 7 nitrogen and oxygen atoms in total. The van der Waals surface area contributed by atoms with Crippen LogP contribution in [0.2, 0.25) is 0 Å². The summed E-state index contributed by atoms with van der Waals surface area (Å²) in [4.78, 5) is 24.4. The van der Waals surface area contributed by atoms with Crippen LogP contribution in [-0.4, -0.2) is 89.4 Å². The number of aryl methyl sites for hydroxylation is 1. The summed E-state index contributed by atoms with van der Waals surface area (Å²) in [6.45, 7) is 14.1. The van der Waals surface area contributed by atoms with E-state index in [9.17, 15) is 9.90 Å². The summed E-state index contributed by atoms with van der Waals surface area (Å²) < 4.78 is 5.71. The molecule has 0 spiro atoms. The lowest BCUT2D eigenvalue weighted by Gasteiger charge is -2.51. The quantitative estimate of drug-likeness (QED) is 0.731. The largest absolute Gasteiger partial charge is 0.389 e. The molecule has 1 aromatic heterocycles. The number of piperazine rings is 1. The summed E-state index contributed by atoms with van der Waals surface area (Å²) in [7, 11) is 0. The Balaban J connectivity index is 1.79. The van der Waals surface area contributed by atoms with Crippen LogP contribution in [0.5, 0.6) is 0 Å². The first-order valence-electron chi connectivity index (χ1n) is 11.2. The molecule has 0 unspecified atom stereocenters. The first-order valence-corrected chi connectivity index (χ1v) is 11.2. The van der Waals surface area contributed by atoms with Gasteiger partial charge in [-0.2, -0.15) is 0 Å². The zero-order chi connectivity index (χ0) is 21.8. The van der Waals surface area contributed by atoms with Gasteiger partial charge in [0.25, 0.3) is 0 Å². The lowest BCUT2D eigenvalue weighted by molar-refractivity contribution is -0.119. The average molecular weight is 419 g/mol. The van der Waals surface area contributed by atoms with Gasteiger partial charge in [0.15, 0.2) is 0 Å². The number of amides is 1. The molecular formula is C23H38N4O3. The zero-order valence-electron chi connectivity index (χ0n) is 19.1. The van der Waals surface area contributed by atoms with E-state index in [0.29, 0.717) is 19.5 Å². The highest BCUT2D eigenvalue weighted by Crippen LogP contribution is 2.32. The predicted molar refractivity (Wildman–Crippen MR) is 119 cm³/mol. The number of rotatable bonds is 7. The number of anilines is 1. The van der Waals surface area contributed by atoms with Crippen LogP contribution in [0.1, 0.15) is 45.7 Å². The van der Waals surface area contributed by atoms with Crippen molar-refractivity contribution in [3.8, 4) is 0 Å². The van der Waals surface area contributed by atoms with Gasteiger partial charge in [-0.05, 0) is 45.7 Å². The van der Waals surface area contributed by atoms with Crippen molar-refractivity contribution in [2.45, 2.75) is 58.1 Å². The van der Waals surface area contributed by atoms with Crippen molar-refractivity contribution in [2.75, 3.05) is 57.4 Å². The molecule has 0 atom stereocenters. The Labute approximate surface area is 181 Å². The molecule has 0 aromatic carbocycles. The summed E-state index contributed by atoms with van der Waals surface area (Å²) in [5.74, 6) is 0.855. The number of β-amino-alcohol motifs (C(OH)–C–C–N with tert-alkyl or cyclic N) is 1. The molecule has 0 saturated carbocycles. The molecule has 0 aliphatic carbocycles. The third-order valence-electron chi connectivity index (χ3n) is 6.28. The van der Waals surface area contributed by atoms with Gasteiger partial charge in [0, 0.05) is 70.1 Å². The number of aromatic nitrogens is 1. The summed E-state index contributed by atoms with van der Waals surface area (Å²) in [6.07, 6.45) is 2.29. The number of hydrogen-bond donors (Lipinski definition) is 1. The third kappa shape index (κ3) is 5.78. The Morgan fingerprint density at radius 1 is 1.23 bits per heavy atom. The second-order valence-corrected chi connectivity index (χ2v) is 9.38. The molecule has 1 amide bonds. The van der Waals surface area contributed by atoms with E-state index in [4.69, 9.17) is 4.74 Å². The summed E-state index contributed by atoms with van der Waals surface area (Å²) in [5.41, 5.74) is 0.136. The maximum Gasteiger partial charge on any atom is 0.227 e. The van der Waals surface area contributed by atoms with Crippen LogP contribution >= 0.6 is 0 Å². The van der Waals surface area contributed by atoms with Gasteiger partial charge in [-0.3, -0.25) is 19.5 Å². The second kappa shape index (κ2) is 9.73. The number of ether oxygens (including phenoxy) is 1.